The number of nitrogens with zero attached hydrogens (tertiary/aromatic N) is 8. The van der Waals surface area contributed by atoms with Gasteiger partial charge in [-0.25, -0.2) is 33.8 Å². The molecule has 48 heavy (non-hydrogen) atoms. The Bertz CT molecular complexity index is 1870. The Kier molecular flexibility index (Phi) is 12.3. The quantitative estimate of drug-likeness (QED) is 0.0587. The number of hydrogen-bond acceptors (Lipinski definition) is 21. The van der Waals surface area contributed by atoms with E-state index in [-0.39, 0.29) is 87.3 Å². The number of hydrogen-bond donors (Lipinski definition) is 7. The molecule has 2 fully saturated rings. The molecule has 4 aromatic rings. The average molecular weight is 736 g/mol. The molecule has 2 aliphatic rings. The van der Waals surface area contributed by atoms with Crippen molar-refractivity contribution in [1.82, 2.24) is 39.0 Å². The topological polar surface area (TPSA) is 367 Å². The predicted molar refractivity (Wildman–Crippen MR) is 141 cm³/mol. The van der Waals surface area contributed by atoms with Crippen molar-refractivity contribution in [3.63, 3.8) is 0 Å². The van der Waals surface area contributed by atoms with E-state index >= 15 is 0 Å². The summed E-state index contributed by atoms with van der Waals surface area (Å²) in [5.41, 5.74) is 11.2. The number of nitrogens with two attached hydrogens (primary N) is 2. The molecule has 6 heterocycles. The van der Waals surface area contributed by atoms with E-state index in [4.69, 9.17) is 20.9 Å². The van der Waals surface area contributed by atoms with Crippen LogP contribution in [0.2, 0.25) is 0 Å². The summed E-state index contributed by atoms with van der Waals surface area (Å²) >= 11 is 0. The van der Waals surface area contributed by atoms with Gasteiger partial charge in [0.1, 0.15) is 54.0 Å². The maximum atomic E-state index is 12.4. The monoisotopic (exact) mass is 736 g/mol. The number of fused-ring (bicyclic) bond motifs is 2. The van der Waals surface area contributed by atoms with E-state index in [0.29, 0.717) is 0 Å². The maximum absolute atomic E-state index is 12.4. The molecule has 2 saturated heterocycles. The minimum atomic E-state index is -5.65. The molecule has 0 aromatic carbocycles. The number of rotatable bonds is 10. The third-order valence-corrected chi connectivity index (χ3v) is 9.58. The van der Waals surface area contributed by atoms with Gasteiger partial charge in [-0.15, -0.1) is 0 Å². The molecular weight excluding hydrogens is 712 g/mol. The van der Waals surface area contributed by atoms with E-state index in [9.17, 15) is 44.4 Å². The van der Waals surface area contributed by atoms with Crippen molar-refractivity contribution in [2.24, 2.45) is 0 Å². The van der Waals surface area contributed by atoms with Gasteiger partial charge in [-0.2, -0.15) is 4.98 Å². The van der Waals surface area contributed by atoms with E-state index in [1.54, 1.807) is 0 Å². The van der Waals surface area contributed by atoms with Crippen LogP contribution in [0.1, 0.15) is 12.5 Å². The molecule has 4 aromatic heterocycles. The van der Waals surface area contributed by atoms with Gasteiger partial charge in [-0.1, -0.05) is 0 Å². The van der Waals surface area contributed by atoms with Crippen LogP contribution in [0.4, 0.5) is 11.8 Å². The number of nitrogen functional groups attached to an aromatic ring is 2. The Morgan fingerprint density at radius 3 is 1.96 bits per heavy atom. The average Bonchev–Trinajstić information content (AvgIpc) is 3.73. The zero-order chi connectivity index (χ0) is 33.1. The Morgan fingerprint density at radius 2 is 1.35 bits per heavy atom. The summed E-state index contributed by atoms with van der Waals surface area (Å²) in [6.07, 6.45) is -9.14. The van der Waals surface area contributed by atoms with Gasteiger partial charge < -0.3 is 60.8 Å². The smallest absolute Gasteiger partial charge is 0.857 e. The zero-order valence-electron chi connectivity index (χ0n) is 24.8. The standard InChI is InChI=1S/C20H26N10O14P2.2Na/c21-14-8-15(24-3-23-14)29(4-25-8)18-12(33)10(31)6(42-18)1-40-45(36,37)44-46(38,39)41-2-7-11(32)13(34)19(43-7)30-5-26-9-16(30)27-20(22)28-17(9)35;;/h3-7,10-13,18-19,31-34H,1-2H2,(H,36,37)(H,38,39)(H2,21,23,24)(H3,22,27,28,35);;/q;2*+1/p-2/t6-,7-,10-,11-,12-,13-,18-,19-;;/m1../s1. The summed E-state index contributed by atoms with van der Waals surface area (Å²) in [7, 11) is -11.1. The summed E-state index contributed by atoms with van der Waals surface area (Å²) in [6, 6.07) is 0. The predicted octanol–water partition coefficient (Wildman–Crippen LogP) is -10.2. The molecule has 28 heteroatoms. The van der Waals surface area contributed by atoms with E-state index in [1.807, 2.05) is 0 Å². The summed E-state index contributed by atoms with van der Waals surface area (Å²) in [5.74, 6) is -1.17. The van der Waals surface area contributed by atoms with E-state index in [2.05, 4.69) is 43.3 Å². The second-order valence-corrected chi connectivity index (χ2v) is 13.0. The summed E-state index contributed by atoms with van der Waals surface area (Å²) in [6.45, 7) is -1.96. The summed E-state index contributed by atoms with van der Waals surface area (Å²) in [4.78, 5) is 45.3. The molecule has 0 amide bonds. The maximum Gasteiger partial charge on any atom is 1.00 e. The fourth-order valence-corrected chi connectivity index (χ4v) is 6.90. The second kappa shape index (κ2) is 15.0. The number of imidazole rings is 2. The van der Waals surface area contributed by atoms with Crippen molar-refractivity contribution in [2.45, 2.75) is 49.1 Å². The molecule has 6 rings (SSSR count). The van der Waals surface area contributed by atoms with Gasteiger partial charge in [0.25, 0.3) is 7.82 Å². The van der Waals surface area contributed by atoms with E-state index in [1.165, 1.54) is 10.9 Å². The SMILES string of the molecule is Nc1nc([O-])c2ncn([C@@H]3O[C@H](COP(=O)(O)OP(=O)([O-])OC[C@H]4O[C@@H](n5cnc6c(N)ncnc65)[C@H](O)[C@@H]4O)[C@@H](O)[C@H]3O)c2n1.[Na+].[Na+]. The van der Waals surface area contributed by atoms with Gasteiger partial charge in [-0.3, -0.25) is 18.2 Å². The van der Waals surface area contributed by atoms with Crippen molar-refractivity contribution >= 4 is 49.7 Å². The molecule has 2 unspecified atom stereocenters. The number of ether oxygens (including phenoxy) is 2. The van der Waals surface area contributed by atoms with E-state index in [0.717, 1.165) is 17.2 Å². The number of aromatic nitrogens is 8. The van der Waals surface area contributed by atoms with Crippen LogP contribution in [0.15, 0.2) is 19.0 Å². The van der Waals surface area contributed by atoms with Gasteiger partial charge in [0.2, 0.25) is 5.95 Å². The molecular formula is C20H24N10Na2O14P2. The second-order valence-electron chi connectivity index (χ2n) is 9.98. The summed E-state index contributed by atoms with van der Waals surface area (Å²) < 4.78 is 51.5. The number of aliphatic hydroxyl groups excluding tert-OH is 4. The third-order valence-electron chi connectivity index (χ3n) is 7.02. The molecule has 0 radical (unpaired) electrons. The van der Waals surface area contributed by atoms with Crippen molar-refractivity contribution < 1.29 is 126 Å². The van der Waals surface area contributed by atoms with Crippen molar-refractivity contribution in [2.75, 3.05) is 24.7 Å². The normalized spacial score (nSPS) is 29.7. The minimum absolute atomic E-state index is 0. The third kappa shape index (κ3) is 7.72. The van der Waals surface area contributed by atoms with Crippen LogP contribution in [0.5, 0.6) is 5.88 Å². The number of aliphatic hydroxyl groups is 4. The van der Waals surface area contributed by atoms with Crippen LogP contribution in [0.25, 0.3) is 22.3 Å². The minimum Gasteiger partial charge on any atom is -0.857 e. The molecule has 24 nitrogen and oxygen atoms in total. The molecule has 9 N–H and O–H groups in total. The van der Waals surface area contributed by atoms with Crippen LogP contribution < -0.4 is 80.6 Å². The van der Waals surface area contributed by atoms with Crippen LogP contribution >= 0.6 is 15.6 Å². The van der Waals surface area contributed by atoms with Crippen LogP contribution in [0, 0.1) is 0 Å². The van der Waals surface area contributed by atoms with Crippen molar-refractivity contribution in [3.8, 4) is 5.88 Å². The first kappa shape index (κ1) is 39.3. The first-order valence-corrected chi connectivity index (χ1v) is 15.9. The fourth-order valence-electron chi connectivity index (χ4n) is 4.85. The molecule has 0 saturated carbocycles. The molecule has 0 bridgehead atoms. The van der Waals surface area contributed by atoms with Gasteiger partial charge in [0.05, 0.1) is 25.9 Å². The first-order valence-electron chi connectivity index (χ1n) is 12.9. The molecule has 0 spiro atoms. The van der Waals surface area contributed by atoms with Crippen LogP contribution in [-0.4, -0.2) is 114 Å². The molecule has 250 valence electrons. The molecule has 0 aliphatic carbocycles. The first-order chi connectivity index (χ1) is 21.7. The Hall–Kier alpha value is -1.48. The van der Waals surface area contributed by atoms with Gasteiger partial charge >= 0.3 is 66.9 Å². The number of phosphoric ester groups is 2. The Morgan fingerprint density at radius 1 is 0.812 bits per heavy atom. The summed E-state index contributed by atoms with van der Waals surface area (Å²) in [5, 5.41) is 53.8. The fraction of sp³-hybridized carbons (Fsp3) is 0.500. The van der Waals surface area contributed by atoms with Crippen LogP contribution in [0.3, 0.4) is 0 Å². The number of anilines is 2. The van der Waals surface area contributed by atoms with Gasteiger partial charge in [0.15, 0.2) is 29.6 Å². The van der Waals surface area contributed by atoms with E-state index < -0.39 is 89.8 Å². The largest absolute Gasteiger partial charge is 1.00 e. The van der Waals surface area contributed by atoms with Crippen molar-refractivity contribution in [1.29, 1.82) is 0 Å². The Balaban J connectivity index is 0.00000260. The van der Waals surface area contributed by atoms with Gasteiger partial charge in [0, 0.05) is 5.88 Å². The molecule has 2 aliphatic heterocycles. The van der Waals surface area contributed by atoms with Crippen molar-refractivity contribution in [3.05, 3.63) is 19.0 Å². The number of phosphoric acid groups is 2. The zero-order valence-corrected chi connectivity index (χ0v) is 30.6. The molecule has 10 atom stereocenters. The van der Waals surface area contributed by atoms with Gasteiger partial charge in [-0.05, 0) is 0 Å². The Labute approximate surface area is 311 Å². The van der Waals surface area contributed by atoms with Crippen LogP contribution in [-0.2, 0) is 32.0 Å².